The van der Waals surface area contributed by atoms with E-state index in [4.69, 9.17) is 9.52 Å². The smallest absolute Gasteiger partial charge is 0.371 e. The van der Waals surface area contributed by atoms with Crippen molar-refractivity contribution < 1.29 is 27.8 Å². The largest absolute Gasteiger partial charge is 0.475 e. The van der Waals surface area contributed by atoms with Gasteiger partial charge >= 0.3 is 5.97 Å². The van der Waals surface area contributed by atoms with Gasteiger partial charge in [0.1, 0.15) is 4.90 Å². The highest BCUT2D eigenvalue weighted by Crippen LogP contribution is 2.31. The predicted molar refractivity (Wildman–Crippen MR) is 76.5 cm³/mol. The van der Waals surface area contributed by atoms with Gasteiger partial charge in [-0.25, -0.2) is 13.2 Å². The molecule has 2 rings (SSSR count). The number of aromatic carboxylic acids is 1. The number of hydrogen-bond acceptors (Lipinski definition) is 5. The average molecular weight is 382 g/mol. The summed E-state index contributed by atoms with van der Waals surface area (Å²) in [5.41, 5.74) is 0. The predicted octanol–water partition coefficient (Wildman–Crippen LogP) is 1.52. The van der Waals surface area contributed by atoms with Crippen molar-refractivity contribution in [1.29, 1.82) is 0 Å². The molecular weight excluding hydrogens is 366 g/mol. The minimum Gasteiger partial charge on any atom is -0.475 e. The first-order chi connectivity index (χ1) is 9.73. The number of furan rings is 1. The highest BCUT2D eigenvalue weighted by molar-refractivity contribution is 9.10. The van der Waals surface area contributed by atoms with E-state index in [1.807, 2.05) is 0 Å². The second-order valence-corrected chi connectivity index (χ2v) is 7.66. The van der Waals surface area contributed by atoms with E-state index < -0.39 is 27.9 Å². The number of aliphatic hydroxyl groups excluding tert-OH is 1. The molecule has 1 unspecified atom stereocenters. The van der Waals surface area contributed by atoms with E-state index in [0.717, 1.165) is 6.07 Å². The number of carboxylic acids is 1. The zero-order chi connectivity index (χ0) is 15.8. The van der Waals surface area contributed by atoms with Gasteiger partial charge in [0.15, 0.2) is 4.67 Å². The summed E-state index contributed by atoms with van der Waals surface area (Å²) in [5.74, 6) is -1.68. The fourth-order valence-corrected chi connectivity index (χ4v) is 4.74. The summed E-state index contributed by atoms with van der Waals surface area (Å²) in [7, 11) is -3.81. The lowest BCUT2D eigenvalue weighted by Crippen LogP contribution is -2.40. The molecule has 7 nitrogen and oxygen atoms in total. The number of halogens is 1. The monoisotopic (exact) mass is 381 g/mol. The van der Waals surface area contributed by atoms with Crippen molar-refractivity contribution in [2.24, 2.45) is 5.92 Å². The Morgan fingerprint density at radius 2 is 2.05 bits per heavy atom. The Bertz CT molecular complexity index is 630. The molecule has 2 heterocycles. The van der Waals surface area contributed by atoms with Crippen LogP contribution >= 0.6 is 15.9 Å². The molecule has 1 aromatic heterocycles. The maximum absolute atomic E-state index is 12.5. The van der Waals surface area contributed by atoms with Crippen molar-refractivity contribution in [3.63, 3.8) is 0 Å². The normalized spacial score (nSPS) is 19.6. The van der Waals surface area contributed by atoms with Crippen molar-refractivity contribution >= 4 is 31.9 Å². The van der Waals surface area contributed by atoms with E-state index in [1.165, 1.54) is 4.31 Å². The lowest BCUT2D eigenvalue weighted by molar-refractivity contribution is 0.0661. The number of hydrogen-bond donors (Lipinski definition) is 2. The standard InChI is InChI=1S/C12H16BrNO6S/c1-7(15)8-2-4-14(5-3-8)21(18,19)10-6-9(12(16)17)20-11(10)13/h6-8,15H,2-5H2,1H3,(H,16,17). The molecule has 1 saturated heterocycles. The van der Waals surface area contributed by atoms with Crippen molar-refractivity contribution in [2.75, 3.05) is 13.1 Å². The molecule has 0 bridgehead atoms. The molecule has 1 aliphatic rings. The third-order valence-corrected chi connectivity index (χ3v) is 6.42. The fraction of sp³-hybridized carbons (Fsp3) is 0.583. The topological polar surface area (TPSA) is 108 Å². The third kappa shape index (κ3) is 3.31. The van der Waals surface area contributed by atoms with Crippen LogP contribution in [0, 0.1) is 5.92 Å². The first-order valence-electron chi connectivity index (χ1n) is 6.44. The molecular formula is C12H16BrNO6S. The van der Waals surface area contributed by atoms with Crippen LogP contribution in [0.3, 0.4) is 0 Å². The molecule has 0 aromatic carbocycles. The summed E-state index contributed by atoms with van der Waals surface area (Å²) in [6.45, 7) is 2.27. The van der Waals surface area contributed by atoms with E-state index in [0.29, 0.717) is 12.8 Å². The number of nitrogens with zero attached hydrogens (tertiary/aromatic N) is 1. The molecule has 0 radical (unpaired) electrons. The van der Waals surface area contributed by atoms with Crippen molar-refractivity contribution in [3.8, 4) is 0 Å². The lowest BCUT2D eigenvalue weighted by atomic mass is 9.93. The van der Waals surface area contributed by atoms with E-state index in [-0.39, 0.29) is 28.6 Å². The molecule has 1 aliphatic heterocycles. The van der Waals surface area contributed by atoms with E-state index in [1.54, 1.807) is 6.92 Å². The van der Waals surface area contributed by atoms with Gasteiger partial charge in [-0.2, -0.15) is 4.31 Å². The van der Waals surface area contributed by atoms with Crippen molar-refractivity contribution in [2.45, 2.75) is 30.8 Å². The second kappa shape index (κ2) is 6.07. The van der Waals surface area contributed by atoms with Crippen LogP contribution in [0.25, 0.3) is 0 Å². The second-order valence-electron chi connectivity index (χ2n) is 5.04. The lowest BCUT2D eigenvalue weighted by Gasteiger charge is -2.32. The molecule has 1 atom stereocenters. The van der Waals surface area contributed by atoms with Gasteiger partial charge in [-0.15, -0.1) is 0 Å². The van der Waals surface area contributed by atoms with Gasteiger partial charge < -0.3 is 14.6 Å². The zero-order valence-corrected chi connectivity index (χ0v) is 13.7. The molecule has 9 heteroatoms. The minimum atomic E-state index is -3.81. The Balaban J connectivity index is 2.21. The van der Waals surface area contributed by atoms with E-state index in [2.05, 4.69) is 15.9 Å². The first-order valence-corrected chi connectivity index (χ1v) is 8.67. The SMILES string of the molecule is CC(O)C1CCN(S(=O)(=O)c2cc(C(=O)O)oc2Br)CC1. The Labute approximate surface area is 130 Å². The molecule has 0 amide bonds. The van der Waals surface area contributed by atoms with Gasteiger partial charge in [0, 0.05) is 19.2 Å². The van der Waals surface area contributed by atoms with Crippen molar-refractivity contribution in [3.05, 3.63) is 16.5 Å². The summed E-state index contributed by atoms with van der Waals surface area (Å²) in [6, 6.07) is 1.00. The molecule has 0 spiro atoms. The van der Waals surface area contributed by atoms with Crippen LogP contribution in [0.4, 0.5) is 0 Å². The number of rotatable bonds is 4. The van der Waals surface area contributed by atoms with Crippen LogP contribution in [0.1, 0.15) is 30.3 Å². The van der Waals surface area contributed by atoms with Gasteiger partial charge in [-0.05, 0) is 41.6 Å². The van der Waals surface area contributed by atoms with Gasteiger partial charge in [-0.1, -0.05) is 0 Å². The summed E-state index contributed by atoms with van der Waals surface area (Å²) in [4.78, 5) is 10.7. The molecule has 0 aliphatic carbocycles. The number of carbonyl (C=O) groups is 1. The number of aliphatic hydroxyl groups is 1. The maximum atomic E-state index is 12.5. The zero-order valence-electron chi connectivity index (χ0n) is 11.3. The summed E-state index contributed by atoms with van der Waals surface area (Å²) in [5, 5.41) is 18.4. The van der Waals surface area contributed by atoms with Gasteiger partial charge in [0.25, 0.3) is 0 Å². The Hall–Kier alpha value is -0.900. The van der Waals surface area contributed by atoms with Gasteiger partial charge in [0.2, 0.25) is 15.8 Å². The average Bonchev–Trinajstić information content (AvgIpc) is 2.82. The van der Waals surface area contributed by atoms with E-state index in [9.17, 15) is 18.3 Å². The number of piperidine rings is 1. The molecule has 1 aromatic rings. The summed E-state index contributed by atoms with van der Waals surface area (Å²) in [6.07, 6.45) is 0.671. The molecule has 1 fully saturated rings. The highest BCUT2D eigenvalue weighted by atomic mass is 79.9. The Morgan fingerprint density at radius 1 is 1.48 bits per heavy atom. The highest BCUT2D eigenvalue weighted by Gasteiger charge is 2.34. The molecule has 118 valence electrons. The number of sulfonamides is 1. The quantitative estimate of drug-likeness (QED) is 0.818. The maximum Gasteiger partial charge on any atom is 0.371 e. The van der Waals surface area contributed by atoms with Crippen LogP contribution in [0.5, 0.6) is 0 Å². The summed E-state index contributed by atoms with van der Waals surface area (Å²) < 4.78 is 31.1. The van der Waals surface area contributed by atoms with Gasteiger partial charge in [0.05, 0.1) is 6.10 Å². The minimum absolute atomic E-state index is 0.0822. The Kier molecular flexibility index (Phi) is 4.76. The molecule has 2 N–H and O–H groups in total. The number of carboxylic acid groups (broad SMARTS) is 1. The first kappa shape index (κ1) is 16.5. The van der Waals surface area contributed by atoms with Crippen LogP contribution < -0.4 is 0 Å². The van der Waals surface area contributed by atoms with Crippen LogP contribution in [-0.2, 0) is 10.0 Å². The van der Waals surface area contributed by atoms with E-state index >= 15 is 0 Å². The van der Waals surface area contributed by atoms with Crippen LogP contribution in [0.15, 0.2) is 20.0 Å². The molecule has 21 heavy (non-hydrogen) atoms. The van der Waals surface area contributed by atoms with Crippen LogP contribution in [-0.4, -0.2) is 48.1 Å². The fourth-order valence-electron chi connectivity index (χ4n) is 2.37. The van der Waals surface area contributed by atoms with Crippen molar-refractivity contribution in [1.82, 2.24) is 4.31 Å². The third-order valence-electron chi connectivity index (χ3n) is 3.66. The van der Waals surface area contributed by atoms with Gasteiger partial charge in [-0.3, -0.25) is 0 Å². The summed E-state index contributed by atoms with van der Waals surface area (Å²) >= 11 is 2.95. The Morgan fingerprint density at radius 3 is 2.48 bits per heavy atom. The molecule has 0 saturated carbocycles. The van der Waals surface area contributed by atoms with Crippen LogP contribution in [0.2, 0.25) is 0 Å².